The molecule has 4 rings (SSSR count). The average molecular weight is 322 g/mol. The predicted molar refractivity (Wildman–Crippen MR) is 91.0 cm³/mol. The maximum atomic E-state index is 12.6. The summed E-state index contributed by atoms with van der Waals surface area (Å²) in [4.78, 5) is 25.2. The van der Waals surface area contributed by atoms with E-state index in [1.54, 1.807) is 6.20 Å². The Hall–Kier alpha value is -2.89. The van der Waals surface area contributed by atoms with E-state index in [0.717, 1.165) is 25.1 Å². The monoisotopic (exact) mass is 322 g/mol. The molecule has 0 unspecified atom stereocenters. The van der Waals surface area contributed by atoms with Crippen LogP contribution < -0.4 is 4.90 Å². The topological polar surface area (TPSA) is 62.5 Å². The van der Waals surface area contributed by atoms with Gasteiger partial charge in [-0.2, -0.15) is 4.98 Å². The van der Waals surface area contributed by atoms with E-state index in [4.69, 9.17) is 4.42 Å². The molecule has 2 aromatic heterocycles. The Labute approximate surface area is 139 Å². The van der Waals surface area contributed by atoms with E-state index in [1.807, 2.05) is 47.4 Å². The van der Waals surface area contributed by atoms with E-state index < -0.39 is 0 Å². The molecule has 3 heterocycles. The number of anilines is 1. The summed E-state index contributed by atoms with van der Waals surface area (Å²) >= 11 is 0. The van der Waals surface area contributed by atoms with Crippen LogP contribution in [0.25, 0.3) is 11.2 Å². The molecule has 24 heavy (non-hydrogen) atoms. The van der Waals surface area contributed by atoms with Crippen molar-refractivity contribution in [1.82, 2.24) is 14.9 Å². The molecule has 1 saturated heterocycles. The maximum absolute atomic E-state index is 12.6. The van der Waals surface area contributed by atoms with Crippen LogP contribution in [0.5, 0.6) is 0 Å². The van der Waals surface area contributed by atoms with Gasteiger partial charge >= 0.3 is 0 Å². The minimum absolute atomic E-state index is 0.0803. The van der Waals surface area contributed by atoms with Gasteiger partial charge in [-0.15, -0.1) is 0 Å². The highest BCUT2D eigenvalue weighted by atomic mass is 16.4. The zero-order chi connectivity index (χ0) is 16.4. The van der Waals surface area contributed by atoms with Gasteiger partial charge in [0.2, 0.25) is 5.65 Å². The fourth-order valence-corrected chi connectivity index (χ4v) is 2.97. The summed E-state index contributed by atoms with van der Waals surface area (Å²) in [5.41, 5.74) is 2.04. The van der Waals surface area contributed by atoms with Crippen LogP contribution in [0, 0.1) is 0 Å². The molecule has 1 aliphatic rings. The number of hydrogen-bond donors (Lipinski definition) is 0. The highest BCUT2D eigenvalue weighted by Gasteiger charge is 2.22. The van der Waals surface area contributed by atoms with Crippen molar-refractivity contribution in [3.8, 4) is 0 Å². The second kappa shape index (κ2) is 6.31. The molecule has 0 N–H and O–H groups in total. The molecule has 6 nitrogen and oxygen atoms in total. The number of fused-ring (bicyclic) bond motifs is 1. The minimum atomic E-state index is 0.0803. The summed E-state index contributed by atoms with van der Waals surface area (Å²) in [6.07, 6.45) is 2.59. The molecule has 1 fully saturated rings. The second-order valence-electron chi connectivity index (χ2n) is 5.82. The second-order valence-corrected chi connectivity index (χ2v) is 5.82. The number of nitrogens with zero attached hydrogens (tertiary/aromatic N) is 4. The van der Waals surface area contributed by atoms with Crippen molar-refractivity contribution in [1.29, 1.82) is 0 Å². The van der Waals surface area contributed by atoms with Gasteiger partial charge in [-0.1, -0.05) is 18.2 Å². The van der Waals surface area contributed by atoms with Crippen LogP contribution >= 0.6 is 0 Å². The lowest BCUT2D eigenvalue weighted by molar-refractivity contribution is 0.0767. The maximum Gasteiger partial charge on any atom is 0.300 e. The number of benzene rings is 1. The van der Waals surface area contributed by atoms with E-state index in [2.05, 4.69) is 14.9 Å². The van der Waals surface area contributed by atoms with Crippen molar-refractivity contribution in [2.45, 2.75) is 6.42 Å². The Bertz CT molecular complexity index is 813. The summed E-state index contributed by atoms with van der Waals surface area (Å²) in [6, 6.07) is 13.7. The van der Waals surface area contributed by atoms with Gasteiger partial charge in [-0.25, -0.2) is 4.98 Å². The third kappa shape index (κ3) is 2.82. The summed E-state index contributed by atoms with van der Waals surface area (Å²) < 4.78 is 5.79. The first kappa shape index (κ1) is 14.7. The Morgan fingerprint density at radius 1 is 1.00 bits per heavy atom. The fourth-order valence-electron chi connectivity index (χ4n) is 2.97. The normalized spacial score (nSPS) is 15.5. The van der Waals surface area contributed by atoms with Crippen LogP contribution in [0.2, 0.25) is 0 Å². The summed E-state index contributed by atoms with van der Waals surface area (Å²) in [7, 11) is 0. The number of oxazole rings is 1. The van der Waals surface area contributed by atoms with Crippen molar-refractivity contribution in [2.24, 2.45) is 0 Å². The number of hydrogen-bond acceptors (Lipinski definition) is 5. The smallest absolute Gasteiger partial charge is 0.300 e. The fraction of sp³-hybridized carbons (Fsp3) is 0.278. The highest BCUT2D eigenvalue weighted by molar-refractivity contribution is 5.94. The Balaban J connectivity index is 1.49. The number of pyridine rings is 1. The van der Waals surface area contributed by atoms with Crippen molar-refractivity contribution < 1.29 is 9.21 Å². The Kier molecular flexibility index (Phi) is 3.86. The van der Waals surface area contributed by atoms with Crippen LogP contribution in [0.4, 0.5) is 6.01 Å². The molecule has 1 amide bonds. The largest absolute Gasteiger partial charge is 0.422 e. The first-order valence-electron chi connectivity index (χ1n) is 8.12. The predicted octanol–water partition coefficient (Wildman–Crippen LogP) is 2.58. The zero-order valence-electron chi connectivity index (χ0n) is 13.3. The van der Waals surface area contributed by atoms with Crippen LogP contribution in [-0.2, 0) is 0 Å². The zero-order valence-corrected chi connectivity index (χ0v) is 13.3. The molecule has 6 heteroatoms. The number of carbonyl (C=O) groups is 1. The average Bonchev–Trinajstić information content (AvgIpc) is 2.91. The highest BCUT2D eigenvalue weighted by Crippen LogP contribution is 2.21. The van der Waals surface area contributed by atoms with Crippen LogP contribution in [-0.4, -0.2) is 47.0 Å². The number of rotatable bonds is 2. The summed E-state index contributed by atoms with van der Waals surface area (Å²) in [5.74, 6) is 0.0803. The van der Waals surface area contributed by atoms with Crippen LogP contribution in [0.15, 0.2) is 53.1 Å². The first-order valence-corrected chi connectivity index (χ1v) is 8.12. The molecule has 0 radical (unpaired) electrons. The van der Waals surface area contributed by atoms with Gasteiger partial charge in [-0.05, 0) is 30.7 Å². The summed E-state index contributed by atoms with van der Waals surface area (Å²) in [6.45, 7) is 2.90. The van der Waals surface area contributed by atoms with Gasteiger partial charge in [0, 0.05) is 37.9 Å². The van der Waals surface area contributed by atoms with Gasteiger partial charge in [0.1, 0.15) is 0 Å². The van der Waals surface area contributed by atoms with E-state index >= 15 is 0 Å². The lowest BCUT2D eigenvalue weighted by Crippen LogP contribution is -2.35. The van der Waals surface area contributed by atoms with Gasteiger partial charge in [0.05, 0.1) is 0 Å². The quantitative estimate of drug-likeness (QED) is 0.725. The van der Waals surface area contributed by atoms with Crippen molar-refractivity contribution >= 4 is 23.2 Å². The standard InChI is InChI=1S/C18H18N4O2/c23-17(14-6-2-1-3-7-14)21-10-5-11-22(13-12-21)18-20-16-15(24-18)8-4-9-19-16/h1-4,6-9H,5,10-13H2. The van der Waals surface area contributed by atoms with Gasteiger partial charge in [0.25, 0.3) is 11.9 Å². The van der Waals surface area contributed by atoms with Crippen molar-refractivity contribution in [3.05, 3.63) is 54.2 Å². The molecule has 3 aromatic rings. The molecular weight excluding hydrogens is 304 g/mol. The van der Waals surface area contributed by atoms with Gasteiger partial charge < -0.3 is 14.2 Å². The van der Waals surface area contributed by atoms with Crippen molar-refractivity contribution in [3.63, 3.8) is 0 Å². The van der Waals surface area contributed by atoms with Crippen LogP contribution in [0.1, 0.15) is 16.8 Å². The first-order chi connectivity index (χ1) is 11.8. The summed E-state index contributed by atoms with van der Waals surface area (Å²) in [5, 5.41) is 0. The lowest BCUT2D eigenvalue weighted by Gasteiger charge is -2.21. The minimum Gasteiger partial charge on any atom is -0.422 e. The lowest BCUT2D eigenvalue weighted by atomic mass is 10.2. The van der Waals surface area contributed by atoms with Crippen molar-refractivity contribution in [2.75, 3.05) is 31.1 Å². The third-order valence-electron chi connectivity index (χ3n) is 4.23. The number of carbonyl (C=O) groups excluding carboxylic acids is 1. The molecule has 1 aliphatic heterocycles. The molecule has 0 atom stereocenters. The van der Waals surface area contributed by atoms with E-state index in [9.17, 15) is 4.79 Å². The molecule has 1 aromatic carbocycles. The van der Waals surface area contributed by atoms with E-state index in [1.165, 1.54) is 0 Å². The SMILES string of the molecule is O=C(c1ccccc1)N1CCCN(c2nc3ncccc3o2)CC1. The van der Waals surface area contributed by atoms with E-state index in [-0.39, 0.29) is 5.91 Å². The molecule has 0 aliphatic carbocycles. The van der Waals surface area contributed by atoms with Crippen LogP contribution in [0.3, 0.4) is 0 Å². The Morgan fingerprint density at radius 3 is 2.71 bits per heavy atom. The third-order valence-corrected chi connectivity index (χ3v) is 4.23. The molecule has 0 saturated carbocycles. The van der Waals surface area contributed by atoms with Gasteiger partial charge in [-0.3, -0.25) is 4.79 Å². The molecule has 0 spiro atoms. The molecular formula is C18H18N4O2. The molecule has 0 bridgehead atoms. The number of aromatic nitrogens is 2. The van der Waals surface area contributed by atoms with Gasteiger partial charge in [0.15, 0.2) is 5.58 Å². The number of amides is 1. The Morgan fingerprint density at radius 2 is 1.88 bits per heavy atom. The molecule has 122 valence electrons. The van der Waals surface area contributed by atoms with E-state index in [0.29, 0.717) is 30.3 Å².